The minimum Gasteiger partial charge on any atom is -0.325 e. The van der Waals surface area contributed by atoms with Crippen molar-refractivity contribution in [3.8, 4) is 0 Å². The van der Waals surface area contributed by atoms with Gasteiger partial charge in [-0.3, -0.25) is 14.5 Å². The quantitative estimate of drug-likeness (QED) is 0.728. The summed E-state index contributed by atoms with van der Waals surface area (Å²) in [5.74, 6) is -0.172. The third-order valence-corrected chi connectivity index (χ3v) is 4.29. The lowest BCUT2D eigenvalue weighted by atomic mass is 10.1. The van der Waals surface area contributed by atoms with E-state index in [2.05, 4.69) is 24.1 Å². The zero-order chi connectivity index (χ0) is 19.6. The molecule has 2 amide bonds. The highest BCUT2D eigenvalue weighted by atomic mass is 16.2. The summed E-state index contributed by atoms with van der Waals surface area (Å²) in [5.41, 5.74) is 2.00. The van der Waals surface area contributed by atoms with E-state index in [1.165, 1.54) is 0 Å². The second kappa shape index (κ2) is 10.5. The van der Waals surface area contributed by atoms with Crippen molar-refractivity contribution >= 4 is 23.2 Å². The van der Waals surface area contributed by atoms with Crippen LogP contribution in [0.4, 0.5) is 11.4 Å². The summed E-state index contributed by atoms with van der Waals surface area (Å²) < 4.78 is 0. The number of nitrogens with zero attached hydrogens (tertiary/aromatic N) is 2. The first kappa shape index (κ1) is 20.6. The standard InChI is InChI=1S/C22H29N3O2/c1-4-14-25(15-5-2)17-21(26)23-19-11-9-10-18(16-19)22(27)24(3)20-12-7-6-8-13-20/h6-13,16H,4-5,14-15,17H2,1-3H3,(H,23,26). The molecule has 27 heavy (non-hydrogen) atoms. The number of hydrogen-bond donors (Lipinski definition) is 1. The average molecular weight is 367 g/mol. The highest BCUT2D eigenvalue weighted by Gasteiger charge is 2.15. The van der Waals surface area contributed by atoms with Gasteiger partial charge in [-0.15, -0.1) is 0 Å². The fourth-order valence-corrected chi connectivity index (χ4v) is 3.00. The van der Waals surface area contributed by atoms with Crippen LogP contribution in [0.15, 0.2) is 54.6 Å². The number of anilines is 2. The Kier molecular flexibility index (Phi) is 8.01. The fraction of sp³-hybridized carbons (Fsp3) is 0.364. The third kappa shape index (κ3) is 6.22. The summed E-state index contributed by atoms with van der Waals surface area (Å²) in [6, 6.07) is 16.6. The molecule has 0 heterocycles. The van der Waals surface area contributed by atoms with Crippen molar-refractivity contribution in [3.05, 3.63) is 60.2 Å². The second-order valence-electron chi connectivity index (χ2n) is 6.60. The molecule has 0 saturated carbocycles. The van der Waals surface area contributed by atoms with E-state index in [0.29, 0.717) is 17.8 Å². The molecule has 5 nitrogen and oxygen atoms in total. The van der Waals surface area contributed by atoms with E-state index in [1.54, 1.807) is 36.2 Å². The highest BCUT2D eigenvalue weighted by molar-refractivity contribution is 6.06. The van der Waals surface area contributed by atoms with Gasteiger partial charge in [-0.25, -0.2) is 0 Å². The van der Waals surface area contributed by atoms with Gasteiger partial charge in [0.25, 0.3) is 5.91 Å². The molecule has 1 N–H and O–H groups in total. The van der Waals surface area contributed by atoms with E-state index in [4.69, 9.17) is 0 Å². The number of carbonyl (C=O) groups excluding carboxylic acids is 2. The predicted molar refractivity (Wildman–Crippen MR) is 111 cm³/mol. The zero-order valence-corrected chi connectivity index (χ0v) is 16.4. The first-order chi connectivity index (χ1) is 13.0. The van der Waals surface area contributed by atoms with Crippen LogP contribution in [0, 0.1) is 0 Å². The van der Waals surface area contributed by atoms with Crippen molar-refractivity contribution in [2.24, 2.45) is 0 Å². The van der Waals surface area contributed by atoms with Crippen molar-refractivity contribution in [2.45, 2.75) is 26.7 Å². The Morgan fingerprint density at radius 3 is 2.22 bits per heavy atom. The molecular weight excluding hydrogens is 338 g/mol. The SMILES string of the molecule is CCCN(CCC)CC(=O)Nc1cccc(C(=O)N(C)c2ccccc2)c1. The maximum absolute atomic E-state index is 12.7. The normalized spacial score (nSPS) is 10.7. The molecule has 0 atom stereocenters. The lowest BCUT2D eigenvalue weighted by Crippen LogP contribution is -2.34. The third-order valence-electron chi connectivity index (χ3n) is 4.29. The van der Waals surface area contributed by atoms with Crippen molar-refractivity contribution in [1.82, 2.24) is 4.90 Å². The molecule has 0 aliphatic heterocycles. The number of rotatable bonds is 9. The molecular formula is C22H29N3O2. The Morgan fingerprint density at radius 1 is 0.926 bits per heavy atom. The molecule has 0 fully saturated rings. The van der Waals surface area contributed by atoms with Gasteiger partial charge in [-0.2, -0.15) is 0 Å². The van der Waals surface area contributed by atoms with Gasteiger partial charge in [0, 0.05) is 24.0 Å². The van der Waals surface area contributed by atoms with Gasteiger partial charge in [-0.05, 0) is 56.3 Å². The van der Waals surface area contributed by atoms with Crippen molar-refractivity contribution in [3.63, 3.8) is 0 Å². The van der Waals surface area contributed by atoms with E-state index in [9.17, 15) is 9.59 Å². The van der Waals surface area contributed by atoms with Gasteiger partial charge in [0.1, 0.15) is 0 Å². The fourth-order valence-electron chi connectivity index (χ4n) is 3.00. The molecule has 144 valence electrons. The molecule has 2 rings (SSSR count). The molecule has 0 bridgehead atoms. The van der Waals surface area contributed by atoms with Crippen LogP contribution in [0.5, 0.6) is 0 Å². The number of carbonyl (C=O) groups is 2. The maximum atomic E-state index is 12.7. The van der Waals surface area contributed by atoms with E-state index in [0.717, 1.165) is 31.6 Å². The topological polar surface area (TPSA) is 52.7 Å². The Hall–Kier alpha value is -2.66. The Labute approximate surface area is 162 Å². The summed E-state index contributed by atoms with van der Waals surface area (Å²) in [6.45, 7) is 6.39. The molecule has 0 aromatic heterocycles. The average Bonchev–Trinajstić information content (AvgIpc) is 2.68. The van der Waals surface area contributed by atoms with Gasteiger partial charge >= 0.3 is 0 Å². The summed E-state index contributed by atoms with van der Waals surface area (Å²) in [7, 11) is 1.75. The number of amides is 2. The van der Waals surface area contributed by atoms with Crippen LogP contribution in [-0.4, -0.2) is 43.4 Å². The van der Waals surface area contributed by atoms with Crippen LogP contribution in [0.1, 0.15) is 37.0 Å². The first-order valence-electron chi connectivity index (χ1n) is 9.50. The second-order valence-corrected chi connectivity index (χ2v) is 6.60. The predicted octanol–water partition coefficient (Wildman–Crippen LogP) is 4.02. The van der Waals surface area contributed by atoms with Crippen LogP contribution in [-0.2, 0) is 4.79 Å². The minimum absolute atomic E-state index is 0.0575. The molecule has 0 aliphatic rings. The zero-order valence-electron chi connectivity index (χ0n) is 16.4. The smallest absolute Gasteiger partial charge is 0.258 e. The summed E-state index contributed by atoms with van der Waals surface area (Å²) in [5, 5.41) is 2.91. The van der Waals surface area contributed by atoms with Crippen molar-refractivity contribution < 1.29 is 9.59 Å². The number of nitrogens with one attached hydrogen (secondary N) is 1. The van der Waals surface area contributed by atoms with E-state index >= 15 is 0 Å². The van der Waals surface area contributed by atoms with Crippen LogP contribution >= 0.6 is 0 Å². The van der Waals surface area contributed by atoms with Crippen LogP contribution in [0.25, 0.3) is 0 Å². The molecule has 0 radical (unpaired) electrons. The number of para-hydroxylation sites is 1. The van der Waals surface area contributed by atoms with Crippen molar-refractivity contribution in [1.29, 1.82) is 0 Å². The van der Waals surface area contributed by atoms with Gasteiger partial charge in [-0.1, -0.05) is 38.1 Å². The summed E-state index contributed by atoms with van der Waals surface area (Å²) in [6.07, 6.45) is 2.03. The minimum atomic E-state index is -0.115. The molecule has 0 aliphatic carbocycles. The largest absolute Gasteiger partial charge is 0.325 e. The maximum Gasteiger partial charge on any atom is 0.258 e. The summed E-state index contributed by atoms with van der Waals surface area (Å²) in [4.78, 5) is 28.8. The molecule has 0 saturated heterocycles. The summed E-state index contributed by atoms with van der Waals surface area (Å²) >= 11 is 0. The van der Waals surface area contributed by atoms with Gasteiger partial charge in [0.15, 0.2) is 0 Å². The first-order valence-corrected chi connectivity index (χ1v) is 9.50. The molecule has 2 aromatic carbocycles. The number of hydrogen-bond acceptors (Lipinski definition) is 3. The molecule has 2 aromatic rings. The highest BCUT2D eigenvalue weighted by Crippen LogP contribution is 2.17. The lowest BCUT2D eigenvalue weighted by Gasteiger charge is -2.20. The van der Waals surface area contributed by atoms with E-state index in [-0.39, 0.29) is 11.8 Å². The Bertz CT molecular complexity index is 740. The lowest BCUT2D eigenvalue weighted by molar-refractivity contribution is -0.117. The van der Waals surface area contributed by atoms with Crippen LogP contribution < -0.4 is 10.2 Å². The Morgan fingerprint density at radius 2 is 1.59 bits per heavy atom. The van der Waals surface area contributed by atoms with Gasteiger partial charge in [0.2, 0.25) is 5.91 Å². The van der Waals surface area contributed by atoms with Crippen molar-refractivity contribution in [2.75, 3.05) is 36.9 Å². The van der Waals surface area contributed by atoms with Crippen LogP contribution in [0.2, 0.25) is 0 Å². The van der Waals surface area contributed by atoms with E-state index in [1.807, 2.05) is 30.3 Å². The van der Waals surface area contributed by atoms with Gasteiger partial charge in [0.05, 0.1) is 6.54 Å². The monoisotopic (exact) mass is 367 g/mol. The van der Waals surface area contributed by atoms with E-state index < -0.39 is 0 Å². The molecule has 5 heteroatoms. The Balaban J connectivity index is 2.04. The number of benzene rings is 2. The van der Waals surface area contributed by atoms with Gasteiger partial charge < -0.3 is 10.2 Å². The molecule has 0 unspecified atom stereocenters. The molecule has 0 spiro atoms. The van der Waals surface area contributed by atoms with Crippen LogP contribution in [0.3, 0.4) is 0 Å².